The quantitative estimate of drug-likeness (QED) is 0.893. The third-order valence-electron chi connectivity index (χ3n) is 3.14. The first-order chi connectivity index (χ1) is 10.6. The molecule has 2 N–H and O–H groups in total. The van der Waals surface area contributed by atoms with Crippen LogP contribution in [-0.2, 0) is 0 Å². The molecular formula is C16H14N2O4. The van der Waals surface area contributed by atoms with Gasteiger partial charge in [0.15, 0.2) is 11.5 Å². The van der Waals surface area contributed by atoms with Crippen LogP contribution >= 0.6 is 0 Å². The number of carbonyl (C=O) groups is 2. The van der Waals surface area contributed by atoms with Crippen LogP contribution < -0.4 is 20.1 Å². The topological polar surface area (TPSA) is 76.7 Å². The molecule has 6 heteroatoms. The van der Waals surface area contributed by atoms with Gasteiger partial charge in [-0.3, -0.25) is 10.1 Å². The first-order valence-electron chi connectivity index (χ1n) is 6.70. The Bertz CT molecular complexity index is 743. The molecule has 0 saturated carbocycles. The fraction of sp³-hybridized carbons (Fsp3) is 0.125. The number of hydrogen-bond acceptors (Lipinski definition) is 4. The Hall–Kier alpha value is -3.02. The Morgan fingerprint density at radius 2 is 1.86 bits per heavy atom. The lowest BCUT2D eigenvalue weighted by atomic mass is 10.2. The summed E-state index contributed by atoms with van der Waals surface area (Å²) in [6.07, 6.45) is 0. The lowest BCUT2D eigenvalue weighted by molar-refractivity contribution is 0.0966. The van der Waals surface area contributed by atoms with E-state index in [1.807, 2.05) is 25.1 Å². The maximum Gasteiger partial charge on any atom is 0.326 e. The van der Waals surface area contributed by atoms with Crippen LogP contribution in [0.2, 0.25) is 0 Å². The molecule has 0 saturated heterocycles. The van der Waals surface area contributed by atoms with Crippen LogP contribution in [-0.4, -0.2) is 18.7 Å². The van der Waals surface area contributed by atoms with E-state index in [1.165, 1.54) is 6.07 Å². The largest absolute Gasteiger partial charge is 0.454 e. The molecule has 0 aliphatic carbocycles. The van der Waals surface area contributed by atoms with Crippen molar-refractivity contribution in [2.24, 2.45) is 0 Å². The van der Waals surface area contributed by atoms with Crippen LogP contribution in [0.4, 0.5) is 10.5 Å². The summed E-state index contributed by atoms with van der Waals surface area (Å²) in [5.41, 5.74) is 1.96. The van der Waals surface area contributed by atoms with Crippen molar-refractivity contribution >= 4 is 17.6 Å². The number of aryl methyl sites for hydroxylation is 1. The van der Waals surface area contributed by atoms with Gasteiger partial charge >= 0.3 is 6.03 Å². The van der Waals surface area contributed by atoms with Gasteiger partial charge in [-0.25, -0.2) is 4.79 Å². The summed E-state index contributed by atoms with van der Waals surface area (Å²) < 4.78 is 10.4. The number of urea groups is 1. The molecule has 0 fully saturated rings. The number of amides is 3. The van der Waals surface area contributed by atoms with Crippen molar-refractivity contribution in [2.75, 3.05) is 12.1 Å². The minimum atomic E-state index is -0.590. The van der Waals surface area contributed by atoms with Crippen molar-refractivity contribution in [1.82, 2.24) is 5.32 Å². The fourth-order valence-electron chi connectivity index (χ4n) is 2.10. The highest BCUT2D eigenvalue weighted by Crippen LogP contribution is 2.32. The van der Waals surface area contributed by atoms with E-state index in [4.69, 9.17) is 9.47 Å². The van der Waals surface area contributed by atoms with Crippen molar-refractivity contribution in [1.29, 1.82) is 0 Å². The molecule has 1 heterocycles. The molecule has 2 aromatic rings. The second-order valence-corrected chi connectivity index (χ2v) is 4.85. The van der Waals surface area contributed by atoms with E-state index >= 15 is 0 Å². The maximum absolute atomic E-state index is 12.0. The summed E-state index contributed by atoms with van der Waals surface area (Å²) in [4.78, 5) is 23.9. The summed E-state index contributed by atoms with van der Waals surface area (Å²) in [5, 5.41) is 4.88. The number of anilines is 1. The predicted molar refractivity (Wildman–Crippen MR) is 80.2 cm³/mol. The highest BCUT2D eigenvalue weighted by molar-refractivity contribution is 6.08. The van der Waals surface area contributed by atoms with Crippen molar-refractivity contribution in [3.63, 3.8) is 0 Å². The Morgan fingerprint density at radius 1 is 1.05 bits per heavy atom. The number of ether oxygens (including phenoxy) is 2. The molecule has 3 rings (SSSR count). The van der Waals surface area contributed by atoms with Gasteiger partial charge in [-0.05, 0) is 42.8 Å². The zero-order valence-electron chi connectivity index (χ0n) is 11.9. The summed E-state index contributed by atoms with van der Waals surface area (Å²) in [6, 6.07) is 11.5. The van der Waals surface area contributed by atoms with E-state index in [-0.39, 0.29) is 6.79 Å². The maximum atomic E-state index is 12.0. The van der Waals surface area contributed by atoms with Crippen molar-refractivity contribution in [2.45, 2.75) is 6.92 Å². The lowest BCUT2D eigenvalue weighted by Crippen LogP contribution is -2.34. The van der Waals surface area contributed by atoms with E-state index in [1.54, 1.807) is 18.2 Å². The third-order valence-corrected chi connectivity index (χ3v) is 3.14. The summed E-state index contributed by atoms with van der Waals surface area (Å²) in [5.74, 6) is 0.566. The van der Waals surface area contributed by atoms with Crippen LogP contribution in [0.1, 0.15) is 15.9 Å². The number of carbonyl (C=O) groups excluding carboxylic acids is 2. The van der Waals surface area contributed by atoms with Crippen molar-refractivity contribution in [3.8, 4) is 11.5 Å². The zero-order valence-corrected chi connectivity index (χ0v) is 11.9. The van der Waals surface area contributed by atoms with E-state index in [0.29, 0.717) is 22.7 Å². The van der Waals surface area contributed by atoms with Crippen molar-refractivity contribution in [3.05, 3.63) is 53.6 Å². The average molecular weight is 298 g/mol. The predicted octanol–water partition coefficient (Wildman–Crippen LogP) is 2.69. The molecule has 0 aromatic heterocycles. The Morgan fingerprint density at radius 3 is 2.68 bits per heavy atom. The Kier molecular flexibility index (Phi) is 3.65. The average Bonchev–Trinajstić information content (AvgIpc) is 2.94. The molecule has 22 heavy (non-hydrogen) atoms. The summed E-state index contributed by atoms with van der Waals surface area (Å²) >= 11 is 0. The minimum Gasteiger partial charge on any atom is -0.454 e. The lowest BCUT2D eigenvalue weighted by Gasteiger charge is -2.07. The summed E-state index contributed by atoms with van der Waals surface area (Å²) in [6.45, 7) is 2.05. The Labute approximate surface area is 127 Å². The Balaban J connectivity index is 1.65. The summed E-state index contributed by atoms with van der Waals surface area (Å²) in [7, 11) is 0. The van der Waals surface area contributed by atoms with Crippen LogP contribution in [0.15, 0.2) is 42.5 Å². The molecule has 1 aliphatic rings. The molecule has 0 radical (unpaired) electrons. The van der Waals surface area contributed by atoms with Gasteiger partial charge in [-0.1, -0.05) is 12.1 Å². The molecule has 0 bridgehead atoms. The van der Waals surface area contributed by atoms with Crippen molar-refractivity contribution < 1.29 is 19.1 Å². The minimum absolute atomic E-state index is 0.133. The van der Waals surface area contributed by atoms with Gasteiger partial charge in [0, 0.05) is 11.3 Å². The van der Waals surface area contributed by atoms with Crippen LogP contribution in [0.5, 0.6) is 11.5 Å². The van der Waals surface area contributed by atoms with Gasteiger partial charge in [0.25, 0.3) is 5.91 Å². The third kappa shape index (κ3) is 3.01. The van der Waals surface area contributed by atoms with Gasteiger partial charge < -0.3 is 14.8 Å². The molecule has 3 amide bonds. The molecule has 112 valence electrons. The van der Waals surface area contributed by atoms with E-state index in [0.717, 1.165) is 5.56 Å². The smallest absolute Gasteiger partial charge is 0.326 e. The molecule has 0 unspecified atom stereocenters. The first-order valence-corrected chi connectivity index (χ1v) is 6.70. The molecule has 2 aromatic carbocycles. The normalized spacial score (nSPS) is 11.9. The van der Waals surface area contributed by atoms with Crippen LogP contribution in [0, 0.1) is 6.92 Å². The van der Waals surface area contributed by atoms with E-state index in [9.17, 15) is 9.59 Å². The van der Waals surface area contributed by atoms with Gasteiger partial charge in [-0.2, -0.15) is 0 Å². The van der Waals surface area contributed by atoms with Gasteiger partial charge in [-0.15, -0.1) is 0 Å². The molecular weight excluding hydrogens is 284 g/mol. The van der Waals surface area contributed by atoms with Crippen LogP contribution in [0.25, 0.3) is 0 Å². The van der Waals surface area contributed by atoms with Crippen LogP contribution in [0.3, 0.4) is 0 Å². The number of hydrogen-bond donors (Lipinski definition) is 2. The molecule has 0 spiro atoms. The number of nitrogens with one attached hydrogen (secondary N) is 2. The zero-order chi connectivity index (χ0) is 15.5. The second kappa shape index (κ2) is 5.77. The standard InChI is InChI=1S/C16H14N2O4/c1-10-3-2-4-12(7-10)17-16(20)18-15(19)11-5-6-13-14(8-11)22-9-21-13/h2-8H,9H2,1H3,(H2,17,18,19,20). The van der Waals surface area contributed by atoms with Gasteiger partial charge in [0.1, 0.15) is 0 Å². The molecule has 0 atom stereocenters. The number of fused-ring (bicyclic) bond motifs is 1. The monoisotopic (exact) mass is 298 g/mol. The molecule has 6 nitrogen and oxygen atoms in total. The number of rotatable bonds is 2. The molecule has 1 aliphatic heterocycles. The van der Waals surface area contributed by atoms with E-state index in [2.05, 4.69) is 10.6 Å². The highest BCUT2D eigenvalue weighted by atomic mass is 16.7. The number of benzene rings is 2. The number of imide groups is 1. The van der Waals surface area contributed by atoms with E-state index < -0.39 is 11.9 Å². The first kappa shape index (κ1) is 13.9. The second-order valence-electron chi connectivity index (χ2n) is 4.85. The SMILES string of the molecule is Cc1cccc(NC(=O)NC(=O)c2ccc3c(c2)OCO3)c1. The van der Waals surface area contributed by atoms with Gasteiger partial charge in [0.2, 0.25) is 6.79 Å². The van der Waals surface area contributed by atoms with Gasteiger partial charge in [0.05, 0.1) is 0 Å². The fourth-order valence-corrected chi connectivity index (χ4v) is 2.10. The highest BCUT2D eigenvalue weighted by Gasteiger charge is 2.17.